The second-order valence-electron chi connectivity index (χ2n) is 7.20. The molecule has 0 bridgehead atoms. The van der Waals surface area contributed by atoms with Crippen molar-refractivity contribution in [1.82, 2.24) is 14.2 Å². The van der Waals surface area contributed by atoms with E-state index in [9.17, 15) is 18.3 Å². The molecule has 0 unspecified atom stereocenters. The minimum atomic E-state index is -3.34. The van der Waals surface area contributed by atoms with Gasteiger partial charge in [-0.3, -0.25) is 4.79 Å². The van der Waals surface area contributed by atoms with Gasteiger partial charge in [-0.1, -0.05) is 0 Å². The van der Waals surface area contributed by atoms with Crippen LogP contribution in [0.1, 0.15) is 16.8 Å². The average molecular weight is 399 g/mol. The molecular weight excluding hydrogens is 374 g/mol. The lowest BCUT2D eigenvalue weighted by molar-refractivity contribution is 0.0127. The van der Waals surface area contributed by atoms with Gasteiger partial charge in [0.15, 0.2) is 0 Å². The third-order valence-corrected chi connectivity index (χ3v) is 6.79. The van der Waals surface area contributed by atoms with Gasteiger partial charge in [0.25, 0.3) is 5.91 Å². The number of methoxy groups -OCH3 is 2. The molecule has 1 amide bonds. The van der Waals surface area contributed by atoms with Crippen molar-refractivity contribution in [1.29, 1.82) is 0 Å². The monoisotopic (exact) mass is 399 g/mol. The van der Waals surface area contributed by atoms with E-state index in [0.29, 0.717) is 31.0 Å². The van der Waals surface area contributed by atoms with Gasteiger partial charge in [0, 0.05) is 37.7 Å². The lowest BCUT2D eigenvalue weighted by Gasteiger charge is -2.43. The molecule has 1 N–H and O–H groups in total. The summed E-state index contributed by atoms with van der Waals surface area (Å²) in [5.74, 6) is 0.278. The van der Waals surface area contributed by atoms with Gasteiger partial charge < -0.3 is 19.5 Å². The number of aliphatic hydroxyl groups excluding tert-OH is 1. The lowest BCUT2D eigenvalue weighted by atomic mass is 9.74. The van der Waals surface area contributed by atoms with E-state index in [2.05, 4.69) is 4.98 Å². The first-order valence-corrected chi connectivity index (χ1v) is 10.5. The van der Waals surface area contributed by atoms with Gasteiger partial charge in [-0.05, 0) is 18.4 Å². The predicted molar refractivity (Wildman–Crippen MR) is 97.3 cm³/mol. The number of hydrogen-bond acceptors (Lipinski definition) is 7. The van der Waals surface area contributed by atoms with Crippen LogP contribution in [-0.4, -0.2) is 86.9 Å². The SMILES string of the molecule is COc1ccc(C(=O)N2CC[C@H]3CN(S(C)(=O)=O)C[C@@]3(CO)C2)c(OC)n1. The maximum Gasteiger partial charge on any atom is 0.259 e. The number of amides is 1. The van der Waals surface area contributed by atoms with Gasteiger partial charge in [-0.15, -0.1) is 0 Å². The number of hydrogen-bond donors (Lipinski definition) is 1. The number of carbonyl (C=O) groups excluding carboxylic acids is 1. The predicted octanol–water partition coefficient (Wildman–Crippen LogP) is -0.185. The van der Waals surface area contributed by atoms with Crippen molar-refractivity contribution in [3.63, 3.8) is 0 Å². The number of carbonyl (C=O) groups is 1. The fourth-order valence-electron chi connectivity index (χ4n) is 4.01. The van der Waals surface area contributed by atoms with E-state index in [0.717, 1.165) is 0 Å². The van der Waals surface area contributed by atoms with Gasteiger partial charge in [0.1, 0.15) is 5.56 Å². The van der Waals surface area contributed by atoms with Gasteiger partial charge in [0.2, 0.25) is 21.8 Å². The molecule has 0 saturated carbocycles. The molecule has 3 heterocycles. The van der Waals surface area contributed by atoms with Crippen LogP contribution in [0.3, 0.4) is 0 Å². The van der Waals surface area contributed by atoms with E-state index in [4.69, 9.17) is 9.47 Å². The van der Waals surface area contributed by atoms with Crippen LogP contribution < -0.4 is 9.47 Å². The van der Waals surface area contributed by atoms with Crippen molar-refractivity contribution in [3.8, 4) is 11.8 Å². The minimum absolute atomic E-state index is 0.0252. The van der Waals surface area contributed by atoms with E-state index in [1.54, 1.807) is 17.0 Å². The first-order valence-electron chi connectivity index (χ1n) is 8.68. The molecular formula is C17H25N3O6S. The number of ether oxygens (including phenoxy) is 2. The number of rotatable bonds is 5. The van der Waals surface area contributed by atoms with Crippen LogP contribution >= 0.6 is 0 Å². The van der Waals surface area contributed by atoms with Crippen molar-refractivity contribution in [2.24, 2.45) is 11.3 Å². The number of piperidine rings is 1. The van der Waals surface area contributed by atoms with Crippen molar-refractivity contribution >= 4 is 15.9 Å². The van der Waals surface area contributed by atoms with Gasteiger partial charge >= 0.3 is 0 Å². The summed E-state index contributed by atoms with van der Waals surface area (Å²) in [5.41, 5.74) is -0.341. The second kappa shape index (κ2) is 7.25. The number of likely N-dealkylation sites (tertiary alicyclic amines) is 1. The number of aliphatic hydroxyl groups is 1. The molecule has 27 heavy (non-hydrogen) atoms. The van der Waals surface area contributed by atoms with E-state index in [1.165, 1.54) is 24.8 Å². The van der Waals surface area contributed by atoms with Gasteiger partial charge in [-0.25, -0.2) is 12.7 Å². The summed E-state index contributed by atoms with van der Waals surface area (Å²) < 4.78 is 35.6. The van der Waals surface area contributed by atoms with Crippen LogP contribution in [0.4, 0.5) is 0 Å². The Morgan fingerprint density at radius 3 is 2.67 bits per heavy atom. The van der Waals surface area contributed by atoms with Crippen molar-refractivity contribution in [2.45, 2.75) is 6.42 Å². The average Bonchev–Trinajstić information content (AvgIpc) is 3.06. The molecule has 1 aromatic rings. The van der Waals surface area contributed by atoms with Crippen molar-refractivity contribution in [3.05, 3.63) is 17.7 Å². The molecule has 0 radical (unpaired) electrons. The van der Waals surface area contributed by atoms with E-state index >= 15 is 0 Å². The zero-order valence-corrected chi connectivity index (χ0v) is 16.5. The summed E-state index contributed by atoms with van der Waals surface area (Å²) in [6, 6.07) is 3.19. The van der Waals surface area contributed by atoms with E-state index in [-0.39, 0.29) is 37.4 Å². The lowest BCUT2D eigenvalue weighted by Crippen LogP contribution is -2.52. The van der Waals surface area contributed by atoms with Crippen molar-refractivity contribution < 1.29 is 27.8 Å². The third kappa shape index (κ3) is 3.61. The largest absolute Gasteiger partial charge is 0.481 e. The summed E-state index contributed by atoms with van der Waals surface area (Å²) >= 11 is 0. The molecule has 2 aliphatic heterocycles. The first-order chi connectivity index (χ1) is 12.7. The molecule has 2 aliphatic rings. The molecule has 0 spiro atoms. The summed E-state index contributed by atoms with van der Waals surface area (Å²) in [7, 11) is -0.432. The van der Waals surface area contributed by atoms with Crippen LogP contribution in [0.2, 0.25) is 0 Å². The van der Waals surface area contributed by atoms with Gasteiger partial charge in [0.05, 0.1) is 27.1 Å². The fraction of sp³-hybridized carbons (Fsp3) is 0.647. The molecule has 2 saturated heterocycles. The highest BCUT2D eigenvalue weighted by Crippen LogP contribution is 2.43. The van der Waals surface area contributed by atoms with Crippen molar-refractivity contribution in [2.75, 3.05) is 53.3 Å². The Hall–Kier alpha value is -1.91. The van der Waals surface area contributed by atoms with Gasteiger partial charge in [-0.2, -0.15) is 4.98 Å². The highest BCUT2D eigenvalue weighted by atomic mass is 32.2. The Kier molecular flexibility index (Phi) is 5.33. The Morgan fingerprint density at radius 2 is 2.07 bits per heavy atom. The topological polar surface area (TPSA) is 109 Å². The maximum absolute atomic E-state index is 13.1. The molecule has 0 aromatic carbocycles. The second-order valence-corrected chi connectivity index (χ2v) is 9.18. The molecule has 9 nitrogen and oxygen atoms in total. The van der Waals surface area contributed by atoms with Crippen LogP contribution in [0, 0.1) is 11.3 Å². The van der Waals surface area contributed by atoms with Crippen LogP contribution in [-0.2, 0) is 10.0 Å². The molecule has 0 aliphatic carbocycles. The molecule has 2 fully saturated rings. The van der Waals surface area contributed by atoms with Crippen LogP contribution in [0.5, 0.6) is 11.8 Å². The summed E-state index contributed by atoms with van der Waals surface area (Å²) in [5, 5.41) is 10.1. The molecule has 10 heteroatoms. The Morgan fingerprint density at radius 1 is 1.33 bits per heavy atom. The van der Waals surface area contributed by atoms with E-state index in [1.807, 2.05) is 0 Å². The molecule has 1 aromatic heterocycles. The van der Waals surface area contributed by atoms with E-state index < -0.39 is 15.4 Å². The first kappa shape index (κ1) is 19.8. The molecule has 2 atom stereocenters. The summed E-state index contributed by atoms with van der Waals surface area (Å²) in [4.78, 5) is 18.8. The van der Waals surface area contributed by atoms with Crippen LogP contribution in [0.25, 0.3) is 0 Å². The molecule has 150 valence electrons. The highest BCUT2D eigenvalue weighted by molar-refractivity contribution is 7.88. The normalized spacial score (nSPS) is 25.9. The maximum atomic E-state index is 13.1. The number of aromatic nitrogens is 1. The standard InChI is InChI=1S/C17H25N3O6S/c1-25-14-5-4-13(15(18-14)26-2)16(22)19-7-6-12-8-20(27(3,23)24)10-17(12,9-19)11-21/h4-5,12,21H,6-11H2,1-3H3/t12-,17+/m0/s1. The third-order valence-electron chi connectivity index (χ3n) is 5.57. The summed E-state index contributed by atoms with van der Waals surface area (Å²) in [6.45, 7) is 1.20. The highest BCUT2D eigenvalue weighted by Gasteiger charge is 2.52. The zero-order chi connectivity index (χ0) is 19.8. The quantitative estimate of drug-likeness (QED) is 0.731. The number of nitrogens with zero attached hydrogens (tertiary/aromatic N) is 3. The Bertz CT molecular complexity index is 830. The molecule has 3 rings (SSSR count). The zero-order valence-electron chi connectivity index (χ0n) is 15.7. The number of fused-ring (bicyclic) bond motifs is 1. The Labute approximate surface area is 158 Å². The number of pyridine rings is 1. The summed E-state index contributed by atoms with van der Waals surface area (Å²) in [6.07, 6.45) is 1.80. The number of sulfonamides is 1. The minimum Gasteiger partial charge on any atom is -0.481 e. The smallest absolute Gasteiger partial charge is 0.259 e. The van der Waals surface area contributed by atoms with Crippen LogP contribution in [0.15, 0.2) is 12.1 Å². The fourth-order valence-corrected chi connectivity index (χ4v) is 4.96. The Balaban J connectivity index is 1.85.